The van der Waals surface area contributed by atoms with Crippen LogP contribution in [0.5, 0.6) is 28.7 Å². The monoisotopic (exact) mass is 618 g/mol. The van der Waals surface area contributed by atoms with Gasteiger partial charge in [-0.1, -0.05) is 31.0 Å². The molecule has 45 heavy (non-hydrogen) atoms. The van der Waals surface area contributed by atoms with Gasteiger partial charge in [0.2, 0.25) is 5.75 Å². The van der Waals surface area contributed by atoms with Crippen molar-refractivity contribution < 1.29 is 32.9 Å². The second-order valence-electron chi connectivity index (χ2n) is 10.6. The number of amides is 1. The van der Waals surface area contributed by atoms with Crippen LogP contribution in [-0.4, -0.2) is 66.0 Å². The van der Waals surface area contributed by atoms with Crippen molar-refractivity contribution in [1.29, 1.82) is 0 Å². The molecule has 4 rings (SSSR count). The van der Waals surface area contributed by atoms with Crippen molar-refractivity contribution in [2.24, 2.45) is 0 Å². The standard InChI is InChI=1S/C35H42N2O8/c1-37(22-25-12-8-9-13-28(25)40-2)19-11-7-6-10-18-36-32(39)23-44-26-16-14-24(15-17-26)29-20-27(38)33-30(45-29)21-31(41-3)34(42-4)35(33)43-5/h8-9,12-17,20-21H,6-7,10-11,18-19,22-23H2,1-5H3,(H,36,39). The number of rotatable bonds is 17. The van der Waals surface area contributed by atoms with Crippen molar-refractivity contribution in [3.05, 3.63) is 76.5 Å². The van der Waals surface area contributed by atoms with Gasteiger partial charge in [-0.3, -0.25) is 9.59 Å². The maximum atomic E-state index is 13.0. The summed E-state index contributed by atoms with van der Waals surface area (Å²) >= 11 is 0. The Hall–Kier alpha value is -4.70. The van der Waals surface area contributed by atoms with Crippen LogP contribution < -0.4 is 34.4 Å². The molecule has 10 nitrogen and oxygen atoms in total. The van der Waals surface area contributed by atoms with E-state index >= 15 is 0 Å². The number of carbonyl (C=O) groups excluding carboxylic acids is 1. The molecule has 1 N–H and O–H groups in total. The van der Waals surface area contributed by atoms with Crippen molar-refractivity contribution in [1.82, 2.24) is 10.2 Å². The molecule has 0 unspecified atom stereocenters. The third-order valence-corrected chi connectivity index (χ3v) is 7.45. The Morgan fingerprint density at radius 1 is 0.822 bits per heavy atom. The summed E-state index contributed by atoms with van der Waals surface area (Å²) in [6, 6.07) is 18.1. The number of fused-ring (bicyclic) bond motifs is 1. The molecule has 1 amide bonds. The van der Waals surface area contributed by atoms with Gasteiger partial charge in [-0.2, -0.15) is 0 Å². The van der Waals surface area contributed by atoms with Crippen molar-refractivity contribution in [3.8, 4) is 40.1 Å². The SMILES string of the molecule is COc1ccccc1CN(C)CCCCCCNC(=O)COc1ccc(-c2cc(=O)c3c(OC)c(OC)c(OC)cc3o2)cc1. The van der Waals surface area contributed by atoms with Crippen molar-refractivity contribution in [2.75, 3.05) is 55.2 Å². The van der Waals surface area contributed by atoms with Crippen LogP contribution >= 0.6 is 0 Å². The van der Waals surface area contributed by atoms with Crippen LogP contribution in [0.15, 0.2) is 69.9 Å². The Labute approximate surface area is 263 Å². The summed E-state index contributed by atoms with van der Waals surface area (Å²) in [6.07, 6.45) is 4.15. The first-order valence-corrected chi connectivity index (χ1v) is 15.0. The van der Waals surface area contributed by atoms with E-state index in [2.05, 4.69) is 23.3 Å². The Balaban J connectivity index is 1.19. The molecule has 0 saturated carbocycles. The summed E-state index contributed by atoms with van der Waals surface area (Å²) < 4.78 is 33.4. The lowest BCUT2D eigenvalue weighted by molar-refractivity contribution is -0.123. The van der Waals surface area contributed by atoms with Crippen molar-refractivity contribution in [3.63, 3.8) is 0 Å². The quantitative estimate of drug-likeness (QED) is 0.150. The van der Waals surface area contributed by atoms with Gasteiger partial charge in [0.05, 0.1) is 28.4 Å². The molecule has 0 saturated heterocycles. The predicted octanol–water partition coefficient (Wildman–Crippen LogP) is 5.68. The fourth-order valence-corrected chi connectivity index (χ4v) is 5.14. The molecule has 4 aromatic rings. The normalized spacial score (nSPS) is 11.0. The number of carbonyl (C=O) groups is 1. The number of ether oxygens (including phenoxy) is 5. The molecule has 0 aliphatic rings. The lowest BCUT2D eigenvalue weighted by Gasteiger charge is -2.18. The van der Waals surface area contributed by atoms with Crippen LogP contribution in [0.3, 0.4) is 0 Å². The van der Waals surface area contributed by atoms with Gasteiger partial charge in [-0.25, -0.2) is 0 Å². The van der Waals surface area contributed by atoms with Crippen LogP contribution in [0.4, 0.5) is 0 Å². The van der Waals surface area contributed by atoms with Crippen molar-refractivity contribution in [2.45, 2.75) is 32.2 Å². The number of benzene rings is 3. The van der Waals surface area contributed by atoms with Gasteiger partial charge in [0.1, 0.15) is 28.2 Å². The number of nitrogens with zero attached hydrogens (tertiary/aromatic N) is 1. The van der Waals surface area contributed by atoms with Gasteiger partial charge >= 0.3 is 0 Å². The molecule has 240 valence electrons. The summed E-state index contributed by atoms with van der Waals surface area (Å²) in [5.74, 6) is 2.60. The molecule has 10 heteroatoms. The maximum absolute atomic E-state index is 13.0. The van der Waals surface area contributed by atoms with Gasteiger partial charge in [0, 0.05) is 36.3 Å². The van der Waals surface area contributed by atoms with E-state index in [-0.39, 0.29) is 29.1 Å². The molecule has 0 aliphatic heterocycles. The molecule has 1 heterocycles. The predicted molar refractivity (Wildman–Crippen MR) is 174 cm³/mol. The van der Waals surface area contributed by atoms with Gasteiger partial charge in [0.25, 0.3) is 5.91 Å². The first-order valence-electron chi connectivity index (χ1n) is 15.0. The molecule has 0 spiro atoms. The first-order chi connectivity index (χ1) is 21.9. The largest absolute Gasteiger partial charge is 0.496 e. The minimum Gasteiger partial charge on any atom is -0.496 e. The van der Waals surface area contributed by atoms with Crippen LogP contribution in [0.25, 0.3) is 22.3 Å². The van der Waals surface area contributed by atoms with Gasteiger partial charge in [-0.05, 0) is 56.8 Å². The summed E-state index contributed by atoms with van der Waals surface area (Å²) in [5, 5.41) is 3.18. The fraction of sp³-hybridized carbons (Fsp3) is 0.371. The zero-order chi connectivity index (χ0) is 32.2. The lowest BCUT2D eigenvalue weighted by atomic mass is 10.1. The fourth-order valence-electron chi connectivity index (χ4n) is 5.14. The van der Waals surface area contributed by atoms with E-state index in [1.807, 2.05) is 18.2 Å². The highest BCUT2D eigenvalue weighted by atomic mass is 16.5. The third kappa shape index (κ3) is 8.69. The Bertz CT molecular complexity index is 1620. The summed E-state index contributed by atoms with van der Waals surface area (Å²) in [5.41, 5.74) is 1.88. The topological polar surface area (TPSA) is 109 Å². The van der Waals surface area contributed by atoms with E-state index in [0.29, 0.717) is 40.7 Å². The average molecular weight is 619 g/mol. The minimum atomic E-state index is -0.280. The van der Waals surface area contributed by atoms with Gasteiger partial charge < -0.3 is 38.3 Å². The Morgan fingerprint density at radius 3 is 2.24 bits per heavy atom. The Kier molecular flexibility index (Phi) is 12.1. The van der Waals surface area contributed by atoms with E-state index < -0.39 is 0 Å². The summed E-state index contributed by atoms with van der Waals surface area (Å²) in [4.78, 5) is 27.6. The van der Waals surface area contributed by atoms with Crippen LogP contribution in [0.2, 0.25) is 0 Å². The lowest BCUT2D eigenvalue weighted by Crippen LogP contribution is -2.29. The molecular formula is C35H42N2O8. The second kappa shape index (κ2) is 16.4. The van der Waals surface area contributed by atoms with E-state index in [4.69, 9.17) is 28.1 Å². The maximum Gasteiger partial charge on any atom is 0.257 e. The van der Waals surface area contributed by atoms with E-state index in [1.165, 1.54) is 33.0 Å². The van der Waals surface area contributed by atoms with Crippen LogP contribution in [0.1, 0.15) is 31.2 Å². The van der Waals surface area contributed by atoms with Gasteiger partial charge in [-0.15, -0.1) is 0 Å². The number of methoxy groups -OCH3 is 4. The first kappa shape index (κ1) is 33.2. The molecule has 0 radical (unpaired) electrons. The zero-order valence-electron chi connectivity index (χ0n) is 26.6. The number of unbranched alkanes of at least 4 members (excludes halogenated alkanes) is 3. The summed E-state index contributed by atoms with van der Waals surface area (Å²) in [6.45, 7) is 2.38. The average Bonchev–Trinajstić information content (AvgIpc) is 3.06. The van der Waals surface area contributed by atoms with Crippen LogP contribution in [-0.2, 0) is 11.3 Å². The highest BCUT2D eigenvalue weighted by molar-refractivity contribution is 5.90. The smallest absolute Gasteiger partial charge is 0.257 e. The van der Waals surface area contributed by atoms with E-state index in [0.717, 1.165) is 44.5 Å². The minimum absolute atomic E-state index is 0.0838. The second-order valence-corrected chi connectivity index (χ2v) is 10.6. The van der Waals surface area contributed by atoms with E-state index in [1.54, 1.807) is 37.4 Å². The zero-order valence-corrected chi connectivity index (χ0v) is 26.6. The molecule has 0 aliphatic carbocycles. The number of hydrogen-bond donors (Lipinski definition) is 1. The molecule has 0 bridgehead atoms. The third-order valence-electron chi connectivity index (χ3n) is 7.45. The van der Waals surface area contributed by atoms with Crippen LogP contribution in [0, 0.1) is 0 Å². The number of para-hydroxylation sites is 1. The van der Waals surface area contributed by atoms with E-state index in [9.17, 15) is 9.59 Å². The molecule has 3 aromatic carbocycles. The molecule has 1 aromatic heterocycles. The molecule has 0 atom stereocenters. The highest BCUT2D eigenvalue weighted by Gasteiger charge is 2.21. The highest BCUT2D eigenvalue weighted by Crippen LogP contribution is 2.42. The molecular weight excluding hydrogens is 576 g/mol. The molecule has 0 fully saturated rings. The number of nitrogens with one attached hydrogen (secondary N) is 1. The Morgan fingerprint density at radius 2 is 1.53 bits per heavy atom. The summed E-state index contributed by atoms with van der Waals surface area (Å²) in [7, 11) is 8.25. The number of hydrogen-bond acceptors (Lipinski definition) is 9. The van der Waals surface area contributed by atoms with Crippen molar-refractivity contribution >= 4 is 16.9 Å². The van der Waals surface area contributed by atoms with Gasteiger partial charge in [0.15, 0.2) is 23.5 Å².